The van der Waals surface area contributed by atoms with Gasteiger partial charge in [-0.3, -0.25) is 14.4 Å². The van der Waals surface area contributed by atoms with E-state index in [-0.39, 0.29) is 31.1 Å². The molecule has 0 aliphatic rings. The second-order valence-electron chi connectivity index (χ2n) is 23.1. The van der Waals surface area contributed by atoms with Crippen LogP contribution in [-0.4, -0.2) is 37.2 Å². The molecule has 0 saturated carbocycles. The summed E-state index contributed by atoms with van der Waals surface area (Å²) in [5, 5.41) is 0. The summed E-state index contributed by atoms with van der Waals surface area (Å²) in [6.07, 6.45) is 82.6. The molecular weight excluding hydrogens is 949 g/mol. The van der Waals surface area contributed by atoms with Crippen LogP contribution in [0.15, 0.2) is 48.6 Å². The fourth-order valence-electron chi connectivity index (χ4n) is 10.2. The van der Waals surface area contributed by atoms with E-state index in [4.69, 9.17) is 14.2 Å². The fourth-order valence-corrected chi connectivity index (χ4v) is 10.2. The number of allylic oxidation sites excluding steroid dienone is 8. The monoisotopic (exact) mass is 1080 g/mol. The quantitative estimate of drug-likeness (QED) is 0.0261. The van der Waals surface area contributed by atoms with Crippen LogP contribution in [0.1, 0.15) is 367 Å². The first kappa shape index (κ1) is 74.4. The molecule has 0 saturated heterocycles. The zero-order valence-corrected chi connectivity index (χ0v) is 51.7. The van der Waals surface area contributed by atoms with Gasteiger partial charge in [-0.2, -0.15) is 0 Å². The molecule has 0 spiro atoms. The second kappa shape index (κ2) is 65.9. The summed E-state index contributed by atoms with van der Waals surface area (Å²) >= 11 is 0. The Balaban J connectivity index is 4.33. The van der Waals surface area contributed by atoms with Crippen molar-refractivity contribution in [2.45, 2.75) is 374 Å². The van der Waals surface area contributed by atoms with Crippen LogP contribution in [0.4, 0.5) is 0 Å². The van der Waals surface area contributed by atoms with Crippen molar-refractivity contribution in [3.8, 4) is 0 Å². The molecule has 0 aromatic heterocycles. The normalized spacial score (nSPS) is 12.3. The molecule has 6 nitrogen and oxygen atoms in total. The third-order valence-electron chi connectivity index (χ3n) is 15.3. The van der Waals surface area contributed by atoms with Gasteiger partial charge >= 0.3 is 17.9 Å². The van der Waals surface area contributed by atoms with Crippen LogP contribution in [0.2, 0.25) is 0 Å². The summed E-state index contributed by atoms with van der Waals surface area (Å²) in [6.45, 7) is 6.68. The number of ether oxygens (including phenoxy) is 3. The Morgan fingerprint density at radius 3 is 0.740 bits per heavy atom. The predicted octanol–water partition coefficient (Wildman–Crippen LogP) is 23.3. The topological polar surface area (TPSA) is 78.9 Å². The lowest BCUT2D eigenvalue weighted by Crippen LogP contribution is -2.30. The number of rotatable bonds is 63. The molecule has 0 rings (SSSR count). The van der Waals surface area contributed by atoms with Gasteiger partial charge in [-0.15, -0.1) is 0 Å². The zero-order valence-electron chi connectivity index (χ0n) is 51.7. The third kappa shape index (κ3) is 64.1. The summed E-state index contributed by atoms with van der Waals surface area (Å²) < 4.78 is 17.0. The average molecular weight is 1080 g/mol. The van der Waals surface area contributed by atoms with Gasteiger partial charge in [0, 0.05) is 19.3 Å². The number of carbonyl (C=O) groups excluding carboxylic acids is 3. The van der Waals surface area contributed by atoms with Gasteiger partial charge in [-0.25, -0.2) is 0 Å². The lowest BCUT2D eigenvalue weighted by atomic mass is 10.0. The van der Waals surface area contributed by atoms with Crippen LogP contribution >= 0.6 is 0 Å². The molecule has 0 bridgehead atoms. The van der Waals surface area contributed by atoms with Gasteiger partial charge in [-0.1, -0.05) is 313 Å². The van der Waals surface area contributed by atoms with Gasteiger partial charge in [0.1, 0.15) is 13.2 Å². The third-order valence-corrected chi connectivity index (χ3v) is 15.3. The van der Waals surface area contributed by atoms with Crippen LogP contribution in [0, 0.1) is 0 Å². The van der Waals surface area contributed by atoms with E-state index in [9.17, 15) is 14.4 Å². The highest BCUT2D eigenvalue weighted by atomic mass is 16.6. The highest BCUT2D eigenvalue weighted by Gasteiger charge is 2.19. The molecule has 77 heavy (non-hydrogen) atoms. The molecule has 6 heteroatoms. The Morgan fingerprint density at radius 2 is 0.468 bits per heavy atom. The van der Waals surface area contributed by atoms with Crippen LogP contribution in [-0.2, 0) is 28.6 Å². The van der Waals surface area contributed by atoms with Crippen molar-refractivity contribution in [3.63, 3.8) is 0 Å². The Bertz CT molecular complexity index is 1330. The molecule has 0 heterocycles. The Kier molecular flexibility index (Phi) is 63.6. The van der Waals surface area contributed by atoms with Gasteiger partial charge in [-0.05, 0) is 83.5 Å². The van der Waals surface area contributed by atoms with Crippen LogP contribution in [0.5, 0.6) is 0 Å². The van der Waals surface area contributed by atoms with Crippen molar-refractivity contribution in [1.82, 2.24) is 0 Å². The van der Waals surface area contributed by atoms with Gasteiger partial charge in [0.05, 0.1) is 0 Å². The summed E-state index contributed by atoms with van der Waals surface area (Å²) in [7, 11) is 0. The highest BCUT2D eigenvalue weighted by Crippen LogP contribution is 2.17. The number of hydrogen-bond acceptors (Lipinski definition) is 6. The Hall–Kier alpha value is -2.63. The maximum absolute atomic E-state index is 12.9. The van der Waals surface area contributed by atoms with E-state index in [2.05, 4.69) is 69.4 Å². The molecular formula is C71H130O6. The minimum Gasteiger partial charge on any atom is -0.462 e. The molecule has 1 unspecified atom stereocenters. The van der Waals surface area contributed by atoms with Crippen molar-refractivity contribution in [2.75, 3.05) is 13.2 Å². The van der Waals surface area contributed by atoms with E-state index in [1.165, 1.54) is 250 Å². The molecule has 0 aromatic carbocycles. The maximum atomic E-state index is 12.9. The van der Waals surface area contributed by atoms with Gasteiger partial charge in [0.2, 0.25) is 0 Å². The first-order valence-electron chi connectivity index (χ1n) is 34.1. The summed E-state index contributed by atoms with van der Waals surface area (Å²) in [5.41, 5.74) is 0. The minimum atomic E-state index is -0.780. The van der Waals surface area contributed by atoms with Crippen LogP contribution in [0.3, 0.4) is 0 Å². The summed E-state index contributed by atoms with van der Waals surface area (Å²) in [6, 6.07) is 0. The molecule has 0 amide bonds. The van der Waals surface area contributed by atoms with Gasteiger partial charge < -0.3 is 14.2 Å². The van der Waals surface area contributed by atoms with Gasteiger partial charge in [0.15, 0.2) is 6.10 Å². The Labute approximate surface area is 479 Å². The fraction of sp³-hybridized carbons (Fsp3) is 0.845. The van der Waals surface area contributed by atoms with Crippen LogP contribution in [0.25, 0.3) is 0 Å². The highest BCUT2D eigenvalue weighted by molar-refractivity contribution is 5.71. The van der Waals surface area contributed by atoms with Crippen molar-refractivity contribution in [3.05, 3.63) is 48.6 Å². The standard InChI is InChI=1S/C71H130O6/c1-4-7-10-13-16-19-22-25-28-30-32-34-35-37-38-40-43-46-49-52-55-58-61-64-70(73)76-67-68(66-75-69(72)63-60-57-54-51-48-45-42-27-24-21-18-15-12-9-6-3)77-71(74)65-62-59-56-53-50-47-44-41-39-36-33-31-29-26-23-20-17-14-11-8-5-2/h23,26,30-33,39,41,68H,4-22,24-25,27-29,34-38,40,42-67H2,1-3H3/b26-23-,32-30-,33-31-,41-39-. The second-order valence-corrected chi connectivity index (χ2v) is 23.1. The van der Waals surface area contributed by atoms with Crippen molar-refractivity contribution in [2.24, 2.45) is 0 Å². The van der Waals surface area contributed by atoms with E-state index in [1.807, 2.05) is 0 Å². The first-order valence-corrected chi connectivity index (χ1v) is 34.1. The summed E-state index contributed by atoms with van der Waals surface area (Å²) in [5.74, 6) is -0.864. The van der Waals surface area contributed by atoms with E-state index in [0.29, 0.717) is 19.3 Å². The minimum absolute atomic E-state index is 0.0746. The van der Waals surface area contributed by atoms with E-state index in [0.717, 1.165) is 77.0 Å². The van der Waals surface area contributed by atoms with E-state index in [1.54, 1.807) is 0 Å². The number of carbonyl (C=O) groups is 3. The zero-order chi connectivity index (χ0) is 55.7. The molecule has 1 atom stereocenters. The lowest BCUT2D eigenvalue weighted by molar-refractivity contribution is -0.167. The van der Waals surface area contributed by atoms with E-state index < -0.39 is 6.10 Å². The number of hydrogen-bond donors (Lipinski definition) is 0. The van der Waals surface area contributed by atoms with Gasteiger partial charge in [0.25, 0.3) is 0 Å². The Morgan fingerprint density at radius 1 is 0.260 bits per heavy atom. The molecule has 0 fully saturated rings. The SMILES string of the molecule is CCCCCCC/C=C\C/C=C\C/C=C\CCCCCCCCC(=O)OC(COC(=O)CCCCCCCCCCCCC/C=C\CCCCCCCCCC)COC(=O)CCCCCCCCCCCCCCCCC. The molecule has 450 valence electrons. The molecule has 0 aliphatic heterocycles. The largest absolute Gasteiger partial charge is 0.462 e. The van der Waals surface area contributed by atoms with Crippen molar-refractivity contribution >= 4 is 17.9 Å². The number of esters is 3. The maximum Gasteiger partial charge on any atom is 0.306 e. The number of unbranched alkanes of at least 4 members (excludes halogenated alkanes) is 44. The smallest absolute Gasteiger partial charge is 0.306 e. The summed E-state index contributed by atoms with van der Waals surface area (Å²) in [4.78, 5) is 38.4. The average Bonchev–Trinajstić information content (AvgIpc) is 3.43. The predicted molar refractivity (Wildman–Crippen MR) is 335 cm³/mol. The van der Waals surface area contributed by atoms with Crippen molar-refractivity contribution in [1.29, 1.82) is 0 Å². The first-order chi connectivity index (χ1) is 38.0. The van der Waals surface area contributed by atoms with E-state index >= 15 is 0 Å². The molecule has 0 radical (unpaired) electrons. The molecule has 0 aliphatic carbocycles. The molecule has 0 aromatic rings. The molecule has 0 N–H and O–H groups in total. The van der Waals surface area contributed by atoms with Crippen molar-refractivity contribution < 1.29 is 28.6 Å². The lowest BCUT2D eigenvalue weighted by Gasteiger charge is -2.18. The van der Waals surface area contributed by atoms with Crippen LogP contribution < -0.4 is 0 Å².